The second kappa shape index (κ2) is 7.03. The summed E-state index contributed by atoms with van der Waals surface area (Å²) in [5.41, 5.74) is 0.718. The number of carboxylic acids is 1. The fourth-order valence-corrected chi connectivity index (χ4v) is 4.44. The fourth-order valence-electron chi connectivity index (χ4n) is 2.80. The monoisotopic (exact) mass is 379 g/mol. The fraction of sp³-hybridized carbons (Fsp3) is 0.235. The Hall–Kier alpha value is -2.09. The molecule has 25 heavy (non-hydrogen) atoms. The molecule has 1 aliphatic heterocycles. The Balaban J connectivity index is 1.78. The van der Waals surface area contributed by atoms with E-state index < -0.39 is 16.0 Å². The summed E-state index contributed by atoms with van der Waals surface area (Å²) < 4.78 is 26.9. The van der Waals surface area contributed by atoms with Crippen molar-refractivity contribution in [2.45, 2.75) is 4.90 Å². The molecule has 132 valence electrons. The van der Waals surface area contributed by atoms with Crippen molar-refractivity contribution >= 4 is 33.3 Å². The summed E-state index contributed by atoms with van der Waals surface area (Å²) in [7, 11) is -3.78. The van der Waals surface area contributed by atoms with Crippen LogP contribution in [0.15, 0.2) is 53.4 Å². The summed E-state index contributed by atoms with van der Waals surface area (Å²) >= 11 is 5.78. The van der Waals surface area contributed by atoms with Crippen molar-refractivity contribution in [2.24, 2.45) is 0 Å². The number of piperazine rings is 1. The van der Waals surface area contributed by atoms with Crippen LogP contribution < -0.4 is 10.0 Å². The molecular weight excluding hydrogens is 364 g/mol. The molecule has 0 amide bonds. The van der Waals surface area contributed by atoms with Gasteiger partial charge < -0.3 is 14.8 Å². The van der Waals surface area contributed by atoms with Gasteiger partial charge in [-0.25, -0.2) is 8.42 Å². The maximum absolute atomic E-state index is 12.8. The van der Waals surface area contributed by atoms with Crippen molar-refractivity contribution in [1.82, 2.24) is 4.31 Å². The highest BCUT2D eigenvalue weighted by Crippen LogP contribution is 2.24. The molecule has 2 aromatic carbocycles. The van der Waals surface area contributed by atoms with Crippen LogP contribution in [0.3, 0.4) is 0 Å². The number of para-hydroxylation sites is 1. The van der Waals surface area contributed by atoms with E-state index >= 15 is 0 Å². The van der Waals surface area contributed by atoms with E-state index in [1.165, 1.54) is 16.4 Å². The molecule has 0 bridgehead atoms. The van der Waals surface area contributed by atoms with E-state index in [9.17, 15) is 18.3 Å². The Morgan fingerprint density at radius 1 is 1.00 bits per heavy atom. The van der Waals surface area contributed by atoms with Crippen molar-refractivity contribution in [3.63, 3.8) is 0 Å². The molecule has 1 aliphatic rings. The first kappa shape index (κ1) is 17.7. The molecule has 3 rings (SSSR count). The Bertz CT molecular complexity index is 879. The maximum atomic E-state index is 12.8. The number of hydrogen-bond donors (Lipinski definition) is 0. The van der Waals surface area contributed by atoms with E-state index in [4.69, 9.17) is 11.6 Å². The van der Waals surface area contributed by atoms with Crippen LogP contribution in [0.2, 0.25) is 5.02 Å². The number of halogens is 1. The summed E-state index contributed by atoms with van der Waals surface area (Å²) in [6, 6.07) is 13.4. The lowest BCUT2D eigenvalue weighted by Gasteiger charge is -2.35. The lowest BCUT2D eigenvalue weighted by Crippen LogP contribution is -2.48. The van der Waals surface area contributed by atoms with Crippen LogP contribution in [0.25, 0.3) is 0 Å². The third-order valence-corrected chi connectivity index (χ3v) is 6.38. The highest BCUT2D eigenvalue weighted by molar-refractivity contribution is 7.89. The van der Waals surface area contributed by atoms with E-state index in [1.54, 1.807) is 0 Å². The van der Waals surface area contributed by atoms with Crippen LogP contribution in [0.4, 0.5) is 5.69 Å². The predicted molar refractivity (Wildman–Crippen MR) is 93.2 cm³/mol. The molecule has 0 N–H and O–H groups in total. The van der Waals surface area contributed by atoms with Crippen LogP contribution in [-0.2, 0) is 10.0 Å². The molecule has 2 aromatic rings. The first-order valence-electron chi connectivity index (χ1n) is 7.70. The second-order valence-corrected chi connectivity index (χ2v) is 8.00. The molecular formula is C17H16ClN2O4S-. The lowest BCUT2D eigenvalue weighted by molar-refractivity contribution is -0.255. The van der Waals surface area contributed by atoms with E-state index in [0.29, 0.717) is 26.2 Å². The average Bonchev–Trinajstić information content (AvgIpc) is 2.62. The number of aromatic carboxylic acids is 1. The smallest absolute Gasteiger partial charge is 0.243 e. The number of rotatable bonds is 4. The third-order valence-electron chi connectivity index (χ3n) is 4.16. The molecule has 6 nitrogen and oxygen atoms in total. The quantitative estimate of drug-likeness (QED) is 0.797. The van der Waals surface area contributed by atoms with Crippen molar-refractivity contribution in [1.29, 1.82) is 0 Å². The number of carbonyl (C=O) groups is 1. The topological polar surface area (TPSA) is 80.7 Å². The molecule has 0 spiro atoms. The standard InChI is InChI=1S/C17H17ClN2O4S/c18-16-7-6-14(12-15(16)17(21)22)25(23,24)20-10-8-19(9-11-20)13-4-2-1-3-5-13/h1-7,12H,8-11H2,(H,21,22)/p-1. The molecule has 0 saturated carbocycles. The van der Waals surface area contributed by atoms with Gasteiger partial charge in [-0.3, -0.25) is 0 Å². The van der Waals surface area contributed by atoms with Crippen LogP contribution in [0.5, 0.6) is 0 Å². The molecule has 1 saturated heterocycles. The number of nitrogens with zero attached hydrogens (tertiary/aromatic N) is 2. The van der Waals surface area contributed by atoms with Gasteiger partial charge in [-0.2, -0.15) is 4.31 Å². The third kappa shape index (κ3) is 3.63. The van der Waals surface area contributed by atoms with Crippen LogP contribution in [-0.4, -0.2) is 44.9 Å². The van der Waals surface area contributed by atoms with Crippen molar-refractivity contribution < 1.29 is 18.3 Å². The van der Waals surface area contributed by atoms with Gasteiger partial charge in [-0.15, -0.1) is 0 Å². The summed E-state index contributed by atoms with van der Waals surface area (Å²) in [6.07, 6.45) is 0. The molecule has 8 heteroatoms. The van der Waals surface area contributed by atoms with Gasteiger partial charge in [-0.1, -0.05) is 29.8 Å². The van der Waals surface area contributed by atoms with Gasteiger partial charge in [0.25, 0.3) is 0 Å². The Morgan fingerprint density at radius 2 is 1.64 bits per heavy atom. The second-order valence-electron chi connectivity index (χ2n) is 5.66. The van der Waals surface area contributed by atoms with E-state index in [-0.39, 0.29) is 15.5 Å². The number of carbonyl (C=O) groups excluding carboxylic acids is 1. The summed E-state index contributed by atoms with van der Waals surface area (Å²) in [5.74, 6) is -1.50. The minimum Gasteiger partial charge on any atom is -0.545 e. The minimum absolute atomic E-state index is 0.0483. The van der Waals surface area contributed by atoms with Gasteiger partial charge in [-0.05, 0) is 30.3 Å². The molecule has 0 aliphatic carbocycles. The number of sulfonamides is 1. The Kier molecular flexibility index (Phi) is 4.99. The van der Waals surface area contributed by atoms with E-state index in [1.807, 2.05) is 30.3 Å². The minimum atomic E-state index is -3.78. The van der Waals surface area contributed by atoms with Crippen LogP contribution in [0, 0.1) is 0 Å². The Labute approximate surface area is 151 Å². The van der Waals surface area contributed by atoms with Gasteiger partial charge in [0.2, 0.25) is 10.0 Å². The largest absolute Gasteiger partial charge is 0.545 e. The summed E-state index contributed by atoms with van der Waals surface area (Å²) in [5, 5.41) is 11.0. The molecule has 0 aromatic heterocycles. The normalized spacial score (nSPS) is 16.0. The summed E-state index contributed by atoms with van der Waals surface area (Å²) in [6.45, 7) is 1.76. The molecule has 0 unspecified atom stereocenters. The number of hydrogen-bond acceptors (Lipinski definition) is 5. The van der Waals surface area contributed by atoms with E-state index in [0.717, 1.165) is 11.8 Å². The zero-order valence-electron chi connectivity index (χ0n) is 13.3. The first-order valence-corrected chi connectivity index (χ1v) is 9.52. The van der Waals surface area contributed by atoms with Gasteiger partial charge in [0.15, 0.2) is 0 Å². The number of benzene rings is 2. The van der Waals surface area contributed by atoms with Gasteiger partial charge in [0, 0.05) is 42.5 Å². The average molecular weight is 380 g/mol. The van der Waals surface area contributed by atoms with Gasteiger partial charge in [0.05, 0.1) is 10.9 Å². The zero-order valence-corrected chi connectivity index (χ0v) is 14.8. The zero-order chi connectivity index (χ0) is 18.0. The first-order chi connectivity index (χ1) is 11.9. The molecule has 1 fully saturated rings. The van der Waals surface area contributed by atoms with Crippen LogP contribution >= 0.6 is 11.6 Å². The highest BCUT2D eigenvalue weighted by Gasteiger charge is 2.29. The van der Waals surface area contributed by atoms with Crippen molar-refractivity contribution in [3.05, 3.63) is 59.1 Å². The van der Waals surface area contributed by atoms with Crippen molar-refractivity contribution in [3.8, 4) is 0 Å². The number of anilines is 1. The van der Waals surface area contributed by atoms with Crippen LogP contribution in [0.1, 0.15) is 10.4 Å². The lowest BCUT2D eigenvalue weighted by atomic mass is 10.2. The van der Waals surface area contributed by atoms with Crippen molar-refractivity contribution in [2.75, 3.05) is 31.1 Å². The maximum Gasteiger partial charge on any atom is 0.243 e. The predicted octanol–water partition coefficient (Wildman–Crippen LogP) is 1.21. The Morgan fingerprint density at radius 3 is 2.24 bits per heavy atom. The molecule has 1 heterocycles. The van der Waals surface area contributed by atoms with Gasteiger partial charge in [0.1, 0.15) is 0 Å². The summed E-state index contributed by atoms with van der Waals surface area (Å²) in [4.78, 5) is 13.1. The SMILES string of the molecule is O=C([O-])c1cc(S(=O)(=O)N2CCN(c3ccccc3)CC2)ccc1Cl. The number of carboxylic acid groups (broad SMARTS) is 1. The van der Waals surface area contributed by atoms with E-state index in [2.05, 4.69) is 4.90 Å². The molecule has 0 radical (unpaired) electrons. The van der Waals surface area contributed by atoms with Gasteiger partial charge >= 0.3 is 0 Å². The highest BCUT2D eigenvalue weighted by atomic mass is 35.5. The molecule has 0 atom stereocenters.